The van der Waals surface area contributed by atoms with Gasteiger partial charge >= 0.3 is 0 Å². The molecule has 0 amide bonds. The van der Waals surface area contributed by atoms with Gasteiger partial charge in [0.2, 0.25) is 0 Å². The minimum atomic E-state index is 0.513. The number of rotatable bonds is 6. The lowest BCUT2D eigenvalue weighted by atomic mass is 9.81. The number of pyridine rings is 1. The minimum absolute atomic E-state index is 0.513. The number of hydrogen-bond acceptors (Lipinski definition) is 9. The first kappa shape index (κ1) is 23.7. The monoisotopic (exact) mass is 537 g/mol. The van der Waals surface area contributed by atoms with Crippen molar-refractivity contribution in [1.82, 2.24) is 35.1 Å². The summed E-state index contributed by atoms with van der Waals surface area (Å²) in [5, 5.41) is 10.9. The fourth-order valence-electron chi connectivity index (χ4n) is 4.88. The average Bonchev–Trinajstić information content (AvgIpc) is 3.77. The Kier molecular flexibility index (Phi) is 6.15. The number of benzene rings is 1. The van der Waals surface area contributed by atoms with Gasteiger partial charge in [-0.15, -0.1) is 11.3 Å². The molecule has 0 saturated carbocycles. The molecule has 0 bridgehead atoms. The molecule has 0 radical (unpaired) electrons. The average molecular weight is 538 g/mol. The Morgan fingerprint density at radius 3 is 2.08 bits per heavy atom. The van der Waals surface area contributed by atoms with Crippen LogP contribution in [0.5, 0.6) is 0 Å². The van der Waals surface area contributed by atoms with E-state index in [0.29, 0.717) is 23.0 Å². The number of thiophene rings is 1. The van der Waals surface area contributed by atoms with Gasteiger partial charge in [-0.05, 0) is 53.9 Å². The number of hydrogen-bond donors (Lipinski definition) is 0. The molecule has 0 atom stereocenters. The van der Waals surface area contributed by atoms with Crippen LogP contribution in [0.15, 0.2) is 120 Å². The first-order valence-corrected chi connectivity index (χ1v) is 13.3. The van der Waals surface area contributed by atoms with Crippen LogP contribution >= 0.6 is 11.3 Å². The summed E-state index contributed by atoms with van der Waals surface area (Å²) in [6, 6.07) is 19.4. The first-order valence-electron chi connectivity index (χ1n) is 12.4. The molecule has 9 heteroatoms. The van der Waals surface area contributed by atoms with Gasteiger partial charge in [0.05, 0.1) is 29.5 Å². The topological polar surface area (TPSA) is 103 Å². The molecule has 0 unspecified atom stereocenters. The van der Waals surface area contributed by atoms with Crippen molar-refractivity contribution in [2.45, 2.75) is 0 Å². The van der Waals surface area contributed by atoms with E-state index in [9.17, 15) is 0 Å². The second kappa shape index (κ2) is 10.4. The Morgan fingerprint density at radius 2 is 1.38 bits per heavy atom. The molecular weight excluding hydrogens is 518 g/mol. The van der Waals surface area contributed by atoms with Crippen LogP contribution in [0.1, 0.15) is 0 Å². The highest BCUT2D eigenvalue weighted by molar-refractivity contribution is 7.13. The van der Waals surface area contributed by atoms with Crippen molar-refractivity contribution in [3.05, 3.63) is 116 Å². The van der Waals surface area contributed by atoms with E-state index in [0.717, 1.165) is 44.0 Å². The van der Waals surface area contributed by atoms with Crippen LogP contribution in [0.4, 0.5) is 0 Å². The van der Waals surface area contributed by atoms with Crippen LogP contribution in [0.2, 0.25) is 0 Å². The minimum Gasteiger partial charge on any atom is -0.464 e. The number of nitrogens with zero attached hydrogens (tertiary/aromatic N) is 7. The zero-order valence-electron chi connectivity index (χ0n) is 20.9. The fourth-order valence-corrected chi connectivity index (χ4v) is 5.66. The van der Waals surface area contributed by atoms with E-state index in [1.807, 2.05) is 48.5 Å². The lowest BCUT2D eigenvalue weighted by Gasteiger charge is -2.24. The molecule has 8 nitrogen and oxygen atoms in total. The second-order valence-electron chi connectivity index (χ2n) is 8.69. The van der Waals surface area contributed by atoms with Crippen LogP contribution in [-0.4, -0.2) is 35.1 Å². The van der Waals surface area contributed by atoms with Crippen molar-refractivity contribution in [3.8, 4) is 66.9 Å². The summed E-state index contributed by atoms with van der Waals surface area (Å²) in [6.45, 7) is 0. The molecule has 7 rings (SSSR count). The third-order valence-corrected chi connectivity index (χ3v) is 7.28. The Hall–Kier alpha value is -5.41. The van der Waals surface area contributed by atoms with Crippen molar-refractivity contribution >= 4 is 11.3 Å². The smallest absolute Gasteiger partial charge is 0.160 e. The lowest BCUT2D eigenvalue weighted by Crippen LogP contribution is -2.05. The van der Waals surface area contributed by atoms with Gasteiger partial charge in [-0.25, -0.2) is 9.97 Å². The molecule has 0 spiro atoms. The van der Waals surface area contributed by atoms with E-state index in [-0.39, 0.29) is 0 Å². The van der Waals surface area contributed by atoms with Gasteiger partial charge in [-0.1, -0.05) is 12.1 Å². The summed E-state index contributed by atoms with van der Waals surface area (Å²) in [6.07, 6.45) is 13.7. The van der Waals surface area contributed by atoms with E-state index in [1.165, 1.54) is 0 Å². The Bertz CT molecular complexity index is 1720. The standard InChI is InChI=1S/C31H19N7OS/c1-2-11-33-20(7-1)25-28(23-9-4-17-39-23)29(24-10-5-18-40-24)27(22-19-32-15-16-34-22)26(21-8-3-14-37-38-21)30(25)31-35-12-6-13-36-31/h1-19H. The van der Waals surface area contributed by atoms with Crippen LogP contribution in [-0.2, 0) is 0 Å². The molecule has 6 heterocycles. The molecule has 40 heavy (non-hydrogen) atoms. The Labute approximate surface area is 233 Å². The van der Waals surface area contributed by atoms with Gasteiger partial charge in [-0.3, -0.25) is 15.0 Å². The molecule has 0 saturated heterocycles. The van der Waals surface area contributed by atoms with Gasteiger partial charge in [-0.2, -0.15) is 10.2 Å². The maximum Gasteiger partial charge on any atom is 0.160 e. The van der Waals surface area contributed by atoms with Crippen molar-refractivity contribution in [2.75, 3.05) is 0 Å². The summed E-state index contributed by atoms with van der Waals surface area (Å²) >= 11 is 1.63. The van der Waals surface area contributed by atoms with E-state index >= 15 is 0 Å². The summed E-state index contributed by atoms with van der Waals surface area (Å²) in [5.74, 6) is 1.19. The van der Waals surface area contributed by atoms with Crippen molar-refractivity contribution in [1.29, 1.82) is 0 Å². The summed E-state index contributed by atoms with van der Waals surface area (Å²) in [7, 11) is 0. The molecule has 0 aliphatic rings. The van der Waals surface area contributed by atoms with Gasteiger partial charge in [0.15, 0.2) is 5.82 Å². The van der Waals surface area contributed by atoms with Crippen LogP contribution in [0, 0.1) is 0 Å². The molecule has 0 aliphatic heterocycles. The fraction of sp³-hybridized carbons (Fsp3) is 0. The SMILES string of the molecule is c1ccc(-c2c(-c3ncccn3)c(-c3cccnn3)c(-c3cnccn3)c(-c3cccs3)c2-c2ccco2)nc1. The van der Waals surface area contributed by atoms with E-state index < -0.39 is 0 Å². The molecule has 0 fully saturated rings. The van der Waals surface area contributed by atoms with Crippen LogP contribution in [0.25, 0.3) is 66.9 Å². The highest BCUT2D eigenvalue weighted by atomic mass is 32.1. The highest BCUT2D eigenvalue weighted by Gasteiger charge is 2.32. The Morgan fingerprint density at radius 1 is 0.550 bits per heavy atom. The summed E-state index contributed by atoms with van der Waals surface area (Å²) in [4.78, 5) is 24.5. The molecule has 0 N–H and O–H groups in total. The molecular formula is C31H19N7OS. The van der Waals surface area contributed by atoms with Crippen molar-refractivity contribution in [3.63, 3.8) is 0 Å². The van der Waals surface area contributed by atoms with Crippen molar-refractivity contribution < 1.29 is 4.42 Å². The quantitative estimate of drug-likeness (QED) is 0.221. The molecule has 0 aliphatic carbocycles. The lowest BCUT2D eigenvalue weighted by molar-refractivity contribution is 0.583. The van der Waals surface area contributed by atoms with E-state index in [2.05, 4.69) is 26.6 Å². The molecule has 190 valence electrons. The first-order chi connectivity index (χ1) is 19.9. The second-order valence-corrected chi connectivity index (χ2v) is 9.64. The maximum atomic E-state index is 6.12. The zero-order valence-corrected chi connectivity index (χ0v) is 21.7. The molecule has 6 aromatic heterocycles. The predicted molar refractivity (Wildman–Crippen MR) is 154 cm³/mol. The molecule has 1 aromatic carbocycles. The highest BCUT2D eigenvalue weighted by Crippen LogP contribution is 2.54. The Balaban J connectivity index is 1.80. The van der Waals surface area contributed by atoms with Crippen molar-refractivity contribution in [2.24, 2.45) is 0 Å². The van der Waals surface area contributed by atoms with Gasteiger partial charge < -0.3 is 4.42 Å². The predicted octanol–water partition coefficient (Wildman–Crippen LogP) is 7.11. The van der Waals surface area contributed by atoms with Gasteiger partial charge in [0, 0.05) is 75.4 Å². The van der Waals surface area contributed by atoms with Gasteiger partial charge in [0.25, 0.3) is 0 Å². The number of aromatic nitrogens is 7. The number of furan rings is 1. The third-order valence-electron chi connectivity index (χ3n) is 6.39. The summed E-state index contributed by atoms with van der Waals surface area (Å²) < 4.78 is 6.12. The largest absolute Gasteiger partial charge is 0.464 e. The molecule has 7 aromatic rings. The maximum absolute atomic E-state index is 6.12. The zero-order chi connectivity index (χ0) is 26.7. The van der Waals surface area contributed by atoms with Crippen LogP contribution in [0.3, 0.4) is 0 Å². The third kappa shape index (κ3) is 4.14. The van der Waals surface area contributed by atoms with E-state index in [4.69, 9.17) is 24.4 Å². The summed E-state index contributed by atoms with van der Waals surface area (Å²) in [5.41, 5.74) is 6.99. The van der Waals surface area contributed by atoms with E-state index in [1.54, 1.807) is 67.0 Å². The van der Waals surface area contributed by atoms with Gasteiger partial charge in [0.1, 0.15) is 5.76 Å². The normalized spacial score (nSPS) is 11.0. The van der Waals surface area contributed by atoms with Crippen LogP contribution < -0.4 is 0 Å².